The SMILES string of the molecule is COC(=O)[C@H](Cc1cccc(C#N)c1)[C@H](N)CCc1ccccc1. The number of esters is 1. The smallest absolute Gasteiger partial charge is 0.310 e. The summed E-state index contributed by atoms with van der Waals surface area (Å²) in [5, 5.41) is 9.00. The highest BCUT2D eigenvalue weighted by Gasteiger charge is 2.26. The first-order valence-electron chi connectivity index (χ1n) is 8.00. The fourth-order valence-electron chi connectivity index (χ4n) is 2.76. The van der Waals surface area contributed by atoms with Gasteiger partial charge in [0, 0.05) is 6.04 Å². The fraction of sp³-hybridized carbons (Fsp3) is 0.300. The maximum absolute atomic E-state index is 12.2. The molecule has 0 heterocycles. The van der Waals surface area contributed by atoms with Crippen LogP contribution in [0, 0.1) is 17.2 Å². The Labute approximate surface area is 142 Å². The molecule has 0 aromatic heterocycles. The molecule has 0 fully saturated rings. The average molecular weight is 322 g/mol. The molecule has 2 aromatic carbocycles. The van der Waals surface area contributed by atoms with E-state index in [-0.39, 0.29) is 12.0 Å². The maximum atomic E-state index is 12.2. The molecular weight excluding hydrogens is 300 g/mol. The first-order valence-corrected chi connectivity index (χ1v) is 8.00. The van der Waals surface area contributed by atoms with E-state index in [4.69, 9.17) is 15.7 Å². The molecule has 2 rings (SSSR count). The quantitative estimate of drug-likeness (QED) is 0.795. The van der Waals surface area contributed by atoms with Gasteiger partial charge in [0.1, 0.15) is 0 Å². The Bertz CT molecular complexity index is 707. The van der Waals surface area contributed by atoms with Crippen LogP contribution in [0.5, 0.6) is 0 Å². The van der Waals surface area contributed by atoms with Gasteiger partial charge in [0.2, 0.25) is 0 Å². The summed E-state index contributed by atoms with van der Waals surface area (Å²) in [7, 11) is 1.38. The molecule has 0 aliphatic heterocycles. The van der Waals surface area contributed by atoms with Crippen molar-refractivity contribution in [2.75, 3.05) is 7.11 Å². The van der Waals surface area contributed by atoms with Crippen molar-refractivity contribution in [1.29, 1.82) is 5.26 Å². The molecule has 0 radical (unpaired) electrons. The van der Waals surface area contributed by atoms with E-state index in [9.17, 15) is 4.79 Å². The number of methoxy groups -OCH3 is 1. The van der Waals surface area contributed by atoms with Gasteiger partial charge in [-0.1, -0.05) is 42.5 Å². The highest BCUT2D eigenvalue weighted by Crippen LogP contribution is 2.18. The van der Waals surface area contributed by atoms with E-state index in [2.05, 4.69) is 18.2 Å². The number of nitriles is 1. The van der Waals surface area contributed by atoms with Gasteiger partial charge >= 0.3 is 5.97 Å². The van der Waals surface area contributed by atoms with Crippen molar-refractivity contribution in [3.8, 4) is 6.07 Å². The van der Waals surface area contributed by atoms with Crippen molar-refractivity contribution in [3.63, 3.8) is 0 Å². The Kier molecular flexibility index (Phi) is 6.53. The molecule has 0 bridgehead atoms. The van der Waals surface area contributed by atoms with Crippen molar-refractivity contribution in [2.24, 2.45) is 11.7 Å². The molecule has 0 spiro atoms. The lowest BCUT2D eigenvalue weighted by Crippen LogP contribution is -2.38. The third-order valence-corrected chi connectivity index (χ3v) is 4.14. The molecular formula is C20H22N2O2. The van der Waals surface area contributed by atoms with Gasteiger partial charge in [-0.05, 0) is 42.5 Å². The van der Waals surface area contributed by atoms with Crippen LogP contribution >= 0.6 is 0 Å². The Morgan fingerprint density at radius 3 is 2.54 bits per heavy atom. The minimum absolute atomic E-state index is 0.302. The lowest BCUT2D eigenvalue weighted by molar-refractivity contribution is -0.146. The van der Waals surface area contributed by atoms with Gasteiger partial charge in [-0.15, -0.1) is 0 Å². The highest BCUT2D eigenvalue weighted by molar-refractivity contribution is 5.73. The number of nitrogens with two attached hydrogens (primary N) is 1. The van der Waals surface area contributed by atoms with Crippen LogP contribution in [0.2, 0.25) is 0 Å². The average Bonchev–Trinajstić information content (AvgIpc) is 2.64. The summed E-state index contributed by atoms with van der Waals surface area (Å²) >= 11 is 0. The zero-order chi connectivity index (χ0) is 17.4. The highest BCUT2D eigenvalue weighted by atomic mass is 16.5. The van der Waals surface area contributed by atoms with E-state index in [1.54, 1.807) is 12.1 Å². The Morgan fingerprint density at radius 1 is 1.17 bits per heavy atom. The van der Waals surface area contributed by atoms with Crippen molar-refractivity contribution < 1.29 is 9.53 Å². The summed E-state index contributed by atoms with van der Waals surface area (Å²) in [6.07, 6.45) is 1.98. The molecule has 4 heteroatoms. The second-order valence-electron chi connectivity index (χ2n) is 5.83. The van der Waals surface area contributed by atoms with E-state index >= 15 is 0 Å². The first kappa shape index (κ1) is 17.7. The van der Waals surface area contributed by atoms with Crippen LogP contribution in [0.25, 0.3) is 0 Å². The summed E-state index contributed by atoms with van der Waals surface area (Å²) in [6, 6.07) is 19.1. The Hall–Kier alpha value is -2.64. The molecule has 2 N–H and O–H groups in total. The van der Waals surface area contributed by atoms with E-state index in [1.807, 2.05) is 30.3 Å². The third-order valence-electron chi connectivity index (χ3n) is 4.14. The normalized spacial score (nSPS) is 12.9. The van der Waals surface area contributed by atoms with Crippen LogP contribution in [0.15, 0.2) is 54.6 Å². The minimum atomic E-state index is -0.423. The van der Waals surface area contributed by atoms with Crippen molar-refractivity contribution in [3.05, 3.63) is 71.3 Å². The number of rotatable bonds is 7. The fourth-order valence-corrected chi connectivity index (χ4v) is 2.76. The van der Waals surface area contributed by atoms with Crippen LogP contribution in [0.3, 0.4) is 0 Å². The number of benzene rings is 2. The molecule has 0 aliphatic carbocycles. The second kappa shape index (κ2) is 8.85. The number of nitrogens with zero attached hydrogens (tertiary/aromatic N) is 1. The van der Waals surface area contributed by atoms with Gasteiger partial charge in [0.05, 0.1) is 24.7 Å². The standard InChI is InChI=1S/C20H22N2O2/c1-24-20(23)18(13-16-8-5-9-17(12-16)14-21)19(22)11-10-15-6-3-2-4-7-15/h2-9,12,18-19H,10-11,13,22H2,1H3/t18-,19-/m1/s1. The zero-order valence-corrected chi connectivity index (χ0v) is 13.8. The van der Waals surface area contributed by atoms with E-state index in [0.29, 0.717) is 18.4 Å². The number of hydrogen-bond donors (Lipinski definition) is 1. The maximum Gasteiger partial charge on any atom is 0.310 e. The molecule has 0 saturated carbocycles. The van der Waals surface area contributed by atoms with E-state index < -0.39 is 5.92 Å². The van der Waals surface area contributed by atoms with Crippen LogP contribution in [-0.4, -0.2) is 19.1 Å². The lowest BCUT2D eigenvalue weighted by atomic mass is 9.88. The van der Waals surface area contributed by atoms with E-state index in [0.717, 1.165) is 12.0 Å². The van der Waals surface area contributed by atoms with Gasteiger partial charge in [0.15, 0.2) is 0 Å². The molecule has 2 aromatic rings. The Balaban J connectivity index is 2.06. The molecule has 0 unspecified atom stereocenters. The molecule has 2 atom stereocenters. The van der Waals surface area contributed by atoms with E-state index in [1.165, 1.54) is 12.7 Å². The predicted octanol–water partition coefficient (Wildman–Crippen LogP) is 2.85. The number of carbonyl (C=O) groups excluding carboxylic acids is 1. The van der Waals surface area contributed by atoms with Crippen LogP contribution in [0.4, 0.5) is 0 Å². The van der Waals surface area contributed by atoms with Crippen LogP contribution < -0.4 is 5.73 Å². The summed E-state index contributed by atoms with van der Waals surface area (Å²) in [4.78, 5) is 12.2. The molecule has 0 amide bonds. The lowest BCUT2D eigenvalue weighted by Gasteiger charge is -2.22. The van der Waals surface area contributed by atoms with Gasteiger partial charge in [-0.2, -0.15) is 5.26 Å². The largest absolute Gasteiger partial charge is 0.469 e. The molecule has 124 valence electrons. The summed E-state index contributed by atoms with van der Waals surface area (Å²) in [6.45, 7) is 0. The number of aryl methyl sites for hydroxylation is 1. The zero-order valence-electron chi connectivity index (χ0n) is 13.8. The summed E-state index contributed by atoms with van der Waals surface area (Å²) in [5.41, 5.74) is 8.99. The van der Waals surface area contributed by atoms with Gasteiger partial charge < -0.3 is 10.5 Å². The van der Waals surface area contributed by atoms with Crippen molar-refractivity contribution >= 4 is 5.97 Å². The molecule has 0 saturated heterocycles. The van der Waals surface area contributed by atoms with Crippen LogP contribution in [-0.2, 0) is 22.4 Å². The third kappa shape index (κ3) is 4.94. The van der Waals surface area contributed by atoms with Crippen LogP contribution in [0.1, 0.15) is 23.1 Å². The monoisotopic (exact) mass is 322 g/mol. The Morgan fingerprint density at radius 2 is 1.88 bits per heavy atom. The molecule has 4 nitrogen and oxygen atoms in total. The topological polar surface area (TPSA) is 76.1 Å². The summed E-state index contributed by atoms with van der Waals surface area (Å²) in [5.74, 6) is -0.731. The van der Waals surface area contributed by atoms with Gasteiger partial charge in [-0.3, -0.25) is 4.79 Å². The molecule has 0 aliphatic rings. The minimum Gasteiger partial charge on any atom is -0.469 e. The van der Waals surface area contributed by atoms with Crippen molar-refractivity contribution in [1.82, 2.24) is 0 Å². The van der Waals surface area contributed by atoms with Gasteiger partial charge in [-0.25, -0.2) is 0 Å². The number of ether oxygens (including phenoxy) is 1. The van der Waals surface area contributed by atoms with Crippen molar-refractivity contribution in [2.45, 2.75) is 25.3 Å². The second-order valence-corrected chi connectivity index (χ2v) is 5.83. The summed E-state index contributed by atoms with van der Waals surface area (Å²) < 4.78 is 4.93. The number of hydrogen-bond acceptors (Lipinski definition) is 4. The predicted molar refractivity (Wildman–Crippen MR) is 93.1 cm³/mol. The number of carbonyl (C=O) groups is 1. The molecule has 24 heavy (non-hydrogen) atoms. The first-order chi connectivity index (χ1) is 11.6. The van der Waals surface area contributed by atoms with Gasteiger partial charge in [0.25, 0.3) is 0 Å².